The summed E-state index contributed by atoms with van der Waals surface area (Å²) in [7, 11) is 0. The topological polar surface area (TPSA) is 12.0 Å². The van der Waals surface area contributed by atoms with Crippen molar-refractivity contribution in [2.24, 2.45) is 0 Å². The fraction of sp³-hybridized carbons (Fsp3) is 0.333. The summed E-state index contributed by atoms with van der Waals surface area (Å²) < 4.78 is 1.78. The Bertz CT molecular complexity index is 534. The van der Waals surface area contributed by atoms with Gasteiger partial charge in [0.1, 0.15) is 4.34 Å². The molecule has 5 heteroatoms. The van der Waals surface area contributed by atoms with Crippen molar-refractivity contribution in [3.63, 3.8) is 0 Å². The first-order valence-corrected chi connectivity index (χ1v) is 9.69. The van der Waals surface area contributed by atoms with Crippen LogP contribution in [0.3, 0.4) is 0 Å². The predicted molar refractivity (Wildman–Crippen MR) is 95.4 cm³/mol. The Labute approximate surface area is 142 Å². The highest BCUT2D eigenvalue weighted by Crippen LogP contribution is 2.37. The lowest BCUT2D eigenvalue weighted by atomic mass is 10.1. The molecule has 0 aliphatic rings. The number of thiophene rings is 1. The number of hydrogen-bond donors (Lipinski definition) is 1. The molecule has 1 aromatic heterocycles. The Hall–Kier alpha value is -0.000000000000000139. The minimum Gasteiger partial charge on any atom is -0.306 e. The molecule has 0 saturated carbocycles. The number of thioether (sulfide) groups is 1. The molecule has 1 unspecified atom stereocenters. The lowest BCUT2D eigenvalue weighted by Gasteiger charge is -2.18. The van der Waals surface area contributed by atoms with Crippen LogP contribution >= 0.6 is 50.6 Å². The van der Waals surface area contributed by atoms with E-state index in [0.717, 1.165) is 21.8 Å². The molecule has 20 heavy (non-hydrogen) atoms. The molecule has 0 spiro atoms. The van der Waals surface area contributed by atoms with Crippen molar-refractivity contribution in [2.45, 2.75) is 24.3 Å². The maximum atomic E-state index is 6.18. The zero-order chi connectivity index (χ0) is 14.5. The highest BCUT2D eigenvalue weighted by Gasteiger charge is 2.17. The Kier molecular flexibility index (Phi) is 6.43. The zero-order valence-corrected chi connectivity index (χ0v) is 15.4. The molecule has 0 amide bonds. The predicted octanol–water partition coefficient (Wildman–Crippen LogP) is 5.97. The number of halogens is 2. The molecular formula is C15H17BrClNS2. The largest absolute Gasteiger partial charge is 0.306 e. The van der Waals surface area contributed by atoms with Crippen LogP contribution in [0, 0.1) is 0 Å². The van der Waals surface area contributed by atoms with Crippen LogP contribution in [0.5, 0.6) is 0 Å². The monoisotopic (exact) mass is 389 g/mol. The Morgan fingerprint density at radius 3 is 2.55 bits per heavy atom. The third-order valence-electron chi connectivity index (χ3n) is 3.00. The lowest BCUT2D eigenvalue weighted by molar-refractivity contribution is 0.605. The normalized spacial score (nSPS) is 12.6. The molecule has 0 aliphatic carbocycles. The van der Waals surface area contributed by atoms with Crippen LogP contribution in [-0.4, -0.2) is 12.8 Å². The van der Waals surface area contributed by atoms with Crippen molar-refractivity contribution in [1.29, 1.82) is 0 Å². The Balaban J connectivity index is 2.30. The van der Waals surface area contributed by atoms with E-state index in [0.29, 0.717) is 0 Å². The van der Waals surface area contributed by atoms with Crippen LogP contribution in [0.25, 0.3) is 0 Å². The molecule has 1 aromatic carbocycles. The number of nitrogens with one attached hydrogen (secondary N) is 1. The first-order valence-electron chi connectivity index (χ1n) is 6.47. The van der Waals surface area contributed by atoms with Gasteiger partial charge in [0.25, 0.3) is 0 Å². The molecule has 1 heterocycles. The summed E-state index contributed by atoms with van der Waals surface area (Å²) in [6.45, 7) is 3.17. The molecular weight excluding hydrogens is 374 g/mol. The van der Waals surface area contributed by atoms with Crippen molar-refractivity contribution < 1.29 is 0 Å². The quantitative estimate of drug-likeness (QED) is 0.609. The molecule has 108 valence electrons. The van der Waals surface area contributed by atoms with Gasteiger partial charge in [-0.15, -0.1) is 23.1 Å². The van der Waals surface area contributed by atoms with Gasteiger partial charge in [-0.3, -0.25) is 0 Å². The zero-order valence-electron chi connectivity index (χ0n) is 11.5. The minimum atomic E-state index is 0.208. The lowest BCUT2D eigenvalue weighted by Crippen LogP contribution is -2.22. The van der Waals surface area contributed by atoms with Crippen LogP contribution in [0.15, 0.2) is 39.7 Å². The molecule has 2 rings (SSSR count). The fourth-order valence-electron chi connectivity index (χ4n) is 1.97. The van der Waals surface area contributed by atoms with E-state index in [-0.39, 0.29) is 6.04 Å². The van der Waals surface area contributed by atoms with Gasteiger partial charge in [0.15, 0.2) is 0 Å². The summed E-state index contributed by atoms with van der Waals surface area (Å²) in [6, 6.07) is 11.1. The molecule has 0 radical (unpaired) electrons. The van der Waals surface area contributed by atoms with Gasteiger partial charge < -0.3 is 5.32 Å². The van der Waals surface area contributed by atoms with Gasteiger partial charge in [0.2, 0.25) is 0 Å². The highest BCUT2D eigenvalue weighted by atomic mass is 79.9. The summed E-state index contributed by atoms with van der Waals surface area (Å²) in [5, 5.41) is 3.60. The van der Waals surface area contributed by atoms with Gasteiger partial charge in [-0.25, -0.2) is 0 Å². The highest BCUT2D eigenvalue weighted by molar-refractivity contribution is 9.10. The molecule has 1 N–H and O–H groups in total. The molecule has 0 bridgehead atoms. The number of benzene rings is 1. The third kappa shape index (κ3) is 4.01. The second kappa shape index (κ2) is 7.85. The van der Waals surface area contributed by atoms with Crippen molar-refractivity contribution in [3.8, 4) is 0 Å². The van der Waals surface area contributed by atoms with E-state index >= 15 is 0 Å². The summed E-state index contributed by atoms with van der Waals surface area (Å²) in [5.74, 6) is 0. The summed E-state index contributed by atoms with van der Waals surface area (Å²) >= 11 is 13.1. The van der Waals surface area contributed by atoms with E-state index in [1.54, 1.807) is 23.1 Å². The fourth-order valence-corrected chi connectivity index (χ4v) is 4.22. The summed E-state index contributed by atoms with van der Waals surface area (Å²) in [4.78, 5) is 2.53. The van der Waals surface area contributed by atoms with E-state index in [1.807, 2.05) is 0 Å². The summed E-state index contributed by atoms with van der Waals surface area (Å²) in [5.41, 5.74) is 1.28. The molecule has 0 aliphatic heterocycles. The van der Waals surface area contributed by atoms with Crippen LogP contribution in [-0.2, 0) is 0 Å². The van der Waals surface area contributed by atoms with Gasteiger partial charge in [-0.05, 0) is 58.9 Å². The van der Waals surface area contributed by atoms with Crippen LogP contribution in [0.1, 0.15) is 29.8 Å². The molecule has 1 nitrogen and oxygen atoms in total. The van der Waals surface area contributed by atoms with Crippen LogP contribution < -0.4 is 5.32 Å². The van der Waals surface area contributed by atoms with Crippen molar-refractivity contribution in [3.05, 3.63) is 49.6 Å². The second-order valence-electron chi connectivity index (χ2n) is 4.43. The standard InChI is InChI=1S/C15H17BrClNS2/c1-3-8-18-14(13-9-12(16)15(17)20-13)10-4-6-11(19-2)7-5-10/h4-7,9,14,18H,3,8H2,1-2H3. The van der Waals surface area contributed by atoms with Crippen LogP contribution in [0.2, 0.25) is 4.34 Å². The van der Waals surface area contributed by atoms with Gasteiger partial charge in [-0.1, -0.05) is 30.7 Å². The molecule has 0 fully saturated rings. The van der Waals surface area contributed by atoms with E-state index in [9.17, 15) is 0 Å². The first kappa shape index (κ1) is 16.4. The van der Waals surface area contributed by atoms with Gasteiger partial charge in [-0.2, -0.15) is 0 Å². The van der Waals surface area contributed by atoms with E-state index in [2.05, 4.69) is 64.8 Å². The average Bonchev–Trinajstić information content (AvgIpc) is 2.79. The Morgan fingerprint density at radius 1 is 1.35 bits per heavy atom. The van der Waals surface area contributed by atoms with Gasteiger partial charge in [0.05, 0.1) is 6.04 Å². The molecule has 1 atom stereocenters. The maximum Gasteiger partial charge on any atom is 0.107 e. The average molecular weight is 391 g/mol. The van der Waals surface area contributed by atoms with Crippen molar-refractivity contribution in [2.75, 3.05) is 12.8 Å². The van der Waals surface area contributed by atoms with E-state index in [1.165, 1.54) is 15.3 Å². The van der Waals surface area contributed by atoms with Crippen molar-refractivity contribution >= 4 is 50.6 Å². The second-order valence-corrected chi connectivity index (χ2v) is 7.85. The van der Waals surface area contributed by atoms with Gasteiger partial charge >= 0.3 is 0 Å². The number of hydrogen-bond acceptors (Lipinski definition) is 3. The maximum absolute atomic E-state index is 6.18. The smallest absolute Gasteiger partial charge is 0.107 e. The van der Waals surface area contributed by atoms with Crippen molar-refractivity contribution in [1.82, 2.24) is 5.32 Å². The minimum absolute atomic E-state index is 0.208. The SMILES string of the molecule is CCCNC(c1ccc(SC)cc1)c1cc(Br)c(Cl)s1. The van der Waals surface area contributed by atoms with Gasteiger partial charge in [0, 0.05) is 14.2 Å². The third-order valence-corrected chi connectivity index (χ3v) is 6.28. The number of rotatable bonds is 6. The first-order chi connectivity index (χ1) is 9.65. The molecule has 2 aromatic rings. The summed E-state index contributed by atoms with van der Waals surface area (Å²) in [6.07, 6.45) is 3.21. The Morgan fingerprint density at radius 2 is 2.05 bits per heavy atom. The van der Waals surface area contributed by atoms with Crippen LogP contribution in [0.4, 0.5) is 0 Å². The van der Waals surface area contributed by atoms with E-state index in [4.69, 9.17) is 11.6 Å². The van der Waals surface area contributed by atoms with E-state index < -0.39 is 0 Å². The molecule has 0 saturated heterocycles.